The van der Waals surface area contributed by atoms with E-state index in [-0.39, 0.29) is 31.7 Å². The summed E-state index contributed by atoms with van der Waals surface area (Å²) in [5.74, 6) is -4.83. The number of ether oxygens (including phenoxy) is 1. The molecule has 2 aromatic heterocycles. The number of nitrogens with one attached hydrogen (secondary N) is 3. The van der Waals surface area contributed by atoms with Crippen molar-refractivity contribution in [2.45, 2.75) is 38.6 Å². The molecule has 2 aromatic carbocycles. The minimum Gasteiger partial charge on any atom is -0.489 e. The van der Waals surface area contributed by atoms with E-state index in [0.29, 0.717) is 18.7 Å². The number of para-hydroxylation sites is 1. The number of urea groups is 1. The summed E-state index contributed by atoms with van der Waals surface area (Å²) >= 11 is 1.56. The monoisotopic (exact) mass is 683 g/mol. The highest BCUT2D eigenvalue weighted by Crippen LogP contribution is 2.23. The van der Waals surface area contributed by atoms with Gasteiger partial charge in [0.1, 0.15) is 12.4 Å². The van der Waals surface area contributed by atoms with Crippen LogP contribution in [0, 0.1) is 12.8 Å². The Morgan fingerprint density at radius 2 is 1.81 bits per heavy atom. The maximum Gasteiger partial charge on any atom is 0.493 e. The van der Waals surface area contributed by atoms with Crippen molar-refractivity contribution >= 4 is 46.1 Å². The number of aryl methyl sites for hydroxylation is 1. The predicted molar refractivity (Wildman–Crippen MR) is 170 cm³/mol. The molecule has 0 spiro atoms. The molecule has 0 aliphatic carbocycles. The molecule has 11 nitrogen and oxygen atoms in total. The van der Waals surface area contributed by atoms with E-state index in [2.05, 4.69) is 20.5 Å². The fourth-order valence-electron chi connectivity index (χ4n) is 5.32. The van der Waals surface area contributed by atoms with Gasteiger partial charge < -0.3 is 25.1 Å². The number of carbonyl (C=O) groups excluding carboxylic acids is 4. The van der Waals surface area contributed by atoms with Crippen LogP contribution in [-0.2, 0) is 27.5 Å². The number of nitrogens with zero attached hydrogens (tertiary/aromatic N) is 2. The first-order valence-corrected chi connectivity index (χ1v) is 15.9. The van der Waals surface area contributed by atoms with Crippen LogP contribution in [0.3, 0.4) is 0 Å². The molecule has 4 aromatic rings. The number of aromatic nitrogens is 1. The summed E-state index contributed by atoms with van der Waals surface area (Å²) in [6.45, 7) is 2.47. The fraction of sp³-hybridized carbons (Fsp3) is 0.303. The topological polar surface area (TPSA) is 139 Å². The second-order valence-corrected chi connectivity index (χ2v) is 12.1. The number of benzene rings is 2. The van der Waals surface area contributed by atoms with Crippen LogP contribution in [-0.4, -0.2) is 65.6 Å². The SMILES string of the molecule is Cc1cc(COc2ccc(C(=O)N[C@@H]3CN(C(=O)NCCc4cccs4)CC[C@@H]3C(=O)NOC(=O)C(F)(F)F)cc2)c2ccccc2n1. The van der Waals surface area contributed by atoms with Crippen molar-refractivity contribution < 1.29 is 41.9 Å². The van der Waals surface area contributed by atoms with Gasteiger partial charge in [-0.25, -0.2) is 9.59 Å². The molecule has 2 atom stereocenters. The molecule has 0 saturated carbocycles. The largest absolute Gasteiger partial charge is 0.493 e. The molecule has 3 heterocycles. The van der Waals surface area contributed by atoms with Crippen LogP contribution in [0.25, 0.3) is 10.9 Å². The summed E-state index contributed by atoms with van der Waals surface area (Å²) in [5, 5.41) is 8.42. The predicted octanol–water partition coefficient (Wildman–Crippen LogP) is 4.69. The highest BCUT2D eigenvalue weighted by atomic mass is 32.1. The smallest absolute Gasteiger partial charge is 0.489 e. The third-order valence-electron chi connectivity index (χ3n) is 7.70. The fourth-order valence-corrected chi connectivity index (χ4v) is 6.02. The number of pyridine rings is 1. The van der Waals surface area contributed by atoms with Crippen molar-refractivity contribution in [3.63, 3.8) is 0 Å². The Labute approximate surface area is 277 Å². The molecular formula is C33H32F3N5O6S. The van der Waals surface area contributed by atoms with Crippen LogP contribution < -0.4 is 20.9 Å². The summed E-state index contributed by atoms with van der Waals surface area (Å²) in [6, 6.07) is 18.3. The van der Waals surface area contributed by atoms with Gasteiger partial charge in [-0.2, -0.15) is 18.7 Å². The van der Waals surface area contributed by atoms with Crippen molar-refractivity contribution in [1.29, 1.82) is 0 Å². The Kier molecular flexibility index (Phi) is 10.8. The number of piperidine rings is 1. The van der Waals surface area contributed by atoms with E-state index in [9.17, 15) is 32.3 Å². The summed E-state index contributed by atoms with van der Waals surface area (Å²) in [5.41, 5.74) is 4.41. The molecule has 0 unspecified atom stereocenters. The molecule has 15 heteroatoms. The third-order valence-corrected chi connectivity index (χ3v) is 8.63. The average molecular weight is 684 g/mol. The van der Waals surface area contributed by atoms with Crippen molar-refractivity contribution in [3.8, 4) is 5.75 Å². The molecule has 1 aliphatic rings. The van der Waals surface area contributed by atoms with Crippen molar-refractivity contribution in [3.05, 3.63) is 93.8 Å². The number of rotatable bonds is 9. The molecule has 3 N–H and O–H groups in total. The van der Waals surface area contributed by atoms with Gasteiger partial charge in [0.15, 0.2) is 0 Å². The number of hydrogen-bond acceptors (Lipinski definition) is 8. The minimum atomic E-state index is -5.31. The lowest BCUT2D eigenvalue weighted by molar-refractivity contribution is -0.208. The van der Waals surface area contributed by atoms with Crippen molar-refractivity contribution in [2.75, 3.05) is 19.6 Å². The van der Waals surface area contributed by atoms with E-state index in [1.54, 1.807) is 28.9 Å². The maximum atomic E-state index is 13.3. The van der Waals surface area contributed by atoms with Crippen LogP contribution in [0.15, 0.2) is 72.1 Å². The van der Waals surface area contributed by atoms with Crippen molar-refractivity contribution in [2.24, 2.45) is 5.92 Å². The van der Waals surface area contributed by atoms with Crippen LogP contribution in [0.1, 0.15) is 32.9 Å². The Hall–Kier alpha value is -5.18. The van der Waals surface area contributed by atoms with Gasteiger partial charge in [-0.3, -0.25) is 14.6 Å². The lowest BCUT2D eigenvalue weighted by Crippen LogP contribution is -2.59. The molecule has 1 saturated heterocycles. The van der Waals surface area contributed by atoms with E-state index < -0.39 is 42.0 Å². The molecule has 1 aliphatic heterocycles. The Morgan fingerprint density at radius 1 is 1.04 bits per heavy atom. The second kappa shape index (κ2) is 15.2. The maximum absolute atomic E-state index is 13.3. The normalized spacial score (nSPS) is 16.2. The highest BCUT2D eigenvalue weighted by molar-refractivity contribution is 7.09. The van der Waals surface area contributed by atoms with E-state index in [4.69, 9.17) is 4.74 Å². The van der Waals surface area contributed by atoms with Gasteiger partial charge >= 0.3 is 18.2 Å². The van der Waals surface area contributed by atoms with Gasteiger partial charge in [0.05, 0.1) is 17.5 Å². The zero-order valence-corrected chi connectivity index (χ0v) is 26.5. The highest BCUT2D eigenvalue weighted by Gasteiger charge is 2.43. The Morgan fingerprint density at radius 3 is 2.54 bits per heavy atom. The lowest BCUT2D eigenvalue weighted by Gasteiger charge is -2.38. The summed E-state index contributed by atoms with van der Waals surface area (Å²) in [6.07, 6.45) is -4.72. The quantitative estimate of drug-likeness (QED) is 0.218. The standard InChI is InChI=1S/C33H32F3N5O6S/c1-20-17-22(25-6-2-3-7-27(25)38-20)19-46-23-10-8-21(9-11-23)29(42)39-28-18-41(32(45)37-14-12-24-5-4-16-48-24)15-13-26(28)30(43)40-47-31(44)33(34,35)36/h2-11,16-17,26,28H,12-15,18-19H2,1H3,(H,37,45)(H,39,42)(H,40,43)/t26-,28+/m0/s1. The van der Waals surface area contributed by atoms with Gasteiger partial charge in [0.25, 0.3) is 11.8 Å². The van der Waals surface area contributed by atoms with Crippen LogP contribution in [0.5, 0.6) is 5.75 Å². The van der Waals surface area contributed by atoms with Gasteiger partial charge in [0.2, 0.25) is 0 Å². The number of alkyl halides is 3. The average Bonchev–Trinajstić information content (AvgIpc) is 3.59. The summed E-state index contributed by atoms with van der Waals surface area (Å²) in [4.78, 5) is 61.1. The Balaban J connectivity index is 1.23. The number of carbonyl (C=O) groups is 4. The van der Waals surface area contributed by atoms with Gasteiger partial charge in [-0.1, -0.05) is 24.3 Å². The number of fused-ring (bicyclic) bond motifs is 1. The molecule has 0 radical (unpaired) electrons. The number of thiophene rings is 1. The molecule has 0 bridgehead atoms. The minimum absolute atomic E-state index is 0.0192. The lowest BCUT2D eigenvalue weighted by atomic mass is 9.90. The first kappa shape index (κ1) is 34.2. The molecule has 1 fully saturated rings. The Bertz CT molecular complexity index is 1770. The third kappa shape index (κ3) is 8.79. The van der Waals surface area contributed by atoms with E-state index in [1.165, 1.54) is 17.0 Å². The number of hydrogen-bond donors (Lipinski definition) is 3. The second-order valence-electron chi connectivity index (χ2n) is 11.1. The van der Waals surface area contributed by atoms with Gasteiger partial charge in [-0.15, -0.1) is 11.3 Å². The number of likely N-dealkylation sites (tertiary alicyclic amines) is 1. The van der Waals surface area contributed by atoms with Crippen LogP contribution >= 0.6 is 11.3 Å². The molecule has 4 amide bonds. The van der Waals surface area contributed by atoms with E-state index in [1.807, 2.05) is 54.8 Å². The number of hydroxylamine groups is 1. The summed E-state index contributed by atoms with van der Waals surface area (Å²) in [7, 11) is 0. The molecule has 48 heavy (non-hydrogen) atoms. The van der Waals surface area contributed by atoms with E-state index in [0.717, 1.165) is 27.0 Å². The zero-order chi connectivity index (χ0) is 34.3. The summed E-state index contributed by atoms with van der Waals surface area (Å²) < 4.78 is 43.8. The van der Waals surface area contributed by atoms with Crippen molar-refractivity contribution in [1.82, 2.24) is 26.0 Å². The van der Waals surface area contributed by atoms with Crippen LogP contribution in [0.4, 0.5) is 18.0 Å². The molecule has 5 rings (SSSR count). The number of amides is 4. The van der Waals surface area contributed by atoms with Gasteiger partial charge in [0, 0.05) is 46.7 Å². The zero-order valence-electron chi connectivity index (χ0n) is 25.7. The van der Waals surface area contributed by atoms with Gasteiger partial charge in [-0.05, 0) is 67.6 Å². The molecular weight excluding hydrogens is 651 g/mol. The number of halogens is 3. The first-order chi connectivity index (χ1) is 23.0. The van der Waals surface area contributed by atoms with E-state index >= 15 is 0 Å². The first-order valence-electron chi connectivity index (χ1n) is 15.0. The van der Waals surface area contributed by atoms with Crippen LogP contribution in [0.2, 0.25) is 0 Å². The molecule has 252 valence electrons.